The molecule has 0 saturated heterocycles. The number of ether oxygens (including phenoxy) is 1. The molecule has 1 aromatic carbocycles. The molecule has 2 aromatic rings. The minimum atomic E-state index is -0.214. The molecule has 0 unspecified atom stereocenters. The Kier molecular flexibility index (Phi) is 7.36. The van der Waals surface area contributed by atoms with E-state index in [-0.39, 0.29) is 17.7 Å². The summed E-state index contributed by atoms with van der Waals surface area (Å²) in [5.41, 5.74) is 0.822. The second-order valence-electron chi connectivity index (χ2n) is 5.04. The molecule has 0 fully saturated rings. The highest BCUT2D eigenvalue weighted by Crippen LogP contribution is 2.26. The Hall–Kier alpha value is -1.28. The lowest BCUT2D eigenvalue weighted by Gasteiger charge is -2.16. The lowest BCUT2D eigenvalue weighted by atomic mass is 10.1. The number of halogens is 2. The van der Waals surface area contributed by atoms with E-state index >= 15 is 0 Å². The number of hydrogen-bond donors (Lipinski definition) is 1. The van der Waals surface area contributed by atoms with E-state index in [0.717, 1.165) is 5.56 Å². The molecule has 0 radical (unpaired) electrons. The molecule has 1 heterocycles. The van der Waals surface area contributed by atoms with Crippen molar-refractivity contribution in [3.8, 4) is 0 Å². The van der Waals surface area contributed by atoms with Crippen molar-refractivity contribution < 1.29 is 9.53 Å². The number of aromatic nitrogens is 3. The van der Waals surface area contributed by atoms with Crippen LogP contribution in [0.15, 0.2) is 29.7 Å². The summed E-state index contributed by atoms with van der Waals surface area (Å²) >= 11 is 13.4. The fraction of sp³-hybridized carbons (Fsp3) is 0.400. The van der Waals surface area contributed by atoms with Crippen LogP contribution in [0.25, 0.3) is 0 Å². The summed E-state index contributed by atoms with van der Waals surface area (Å²) in [6.45, 7) is 3.08. The molecule has 0 spiro atoms. The van der Waals surface area contributed by atoms with Gasteiger partial charge in [-0.05, 0) is 24.6 Å². The second kappa shape index (κ2) is 9.27. The molecule has 130 valence electrons. The van der Waals surface area contributed by atoms with E-state index in [1.807, 2.05) is 17.6 Å². The number of amides is 1. The van der Waals surface area contributed by atoms with Gasteiger partial charge in [0.05, 0.1) is 18.4 Å². The van der Waals surface area contributed by atoms with Crippen molar-refractivity contribution in [1.29, 1.82) is 0 Å². The summed E-state index contributed by atoms with van der Waals surface area (Å²) in [5, 5.41) is 12.5. The predicted molar refractivity (Wildman–Crippen MR) is 95.6 cm³/mol. The average molecular weight is 389 g/mol. The van der Waals surface area contributed by atoms with Crippen LogP contribution in [0.3, 0.4) is 0 Å². The van der Waals surface area contributed by atoms with Crippen LogP contribution in [-0.4, -0.2) is 40.1 Å². The maximum Gasteiger partial charge on any atom is 0.230 e. The van der Waals surface area contributed by atoms with Crippen LogP contribution in [-0.2, 0) is 16.1 Å². The molecule has 0 aliphatic heterocycles. The number of hydrogen-bond acceptors (Lipinski definition) is 5. The summed E-state index contributed by atoms with van der Waals surface area (Å²) < 4.78 is 6.88. The number of benzene rings is 1. The molecule has 1 atom stereocenters. The number of methoxy groups -OCH3 is 1. The first kappa shape index (κ1) is 19.1. The Bertz CT molecular complexity index is 696. The number of carbonyl (C=O) groups excluding carboxylic acids is 1. The Morgan fingerprint density at radius 1 is 1.46 bits per heavy atom. The molecule has 9 heteroatoms. The Morgan fingerprint density at radius 3 is 2.96 bits per heavy atom. The monoisotopic (exact) mass is 388 g/mol. The van der Waals surface area contributed by atoms with E-state index < -0.39 is 0 Å². The fourth-order valence-electron chi connectivity index (χ4n) is 2.04. The molecular weight excluding hydrogens is 371 g/mol. The summed E-state index contributed by atoms with van der Waals surface area (Å²) in [6, 6.07) is 5.01. The third kappa shape index (κ3) is 5.37. The SMILES string of the molecule is COCCn1cnnc1SCC(=O)N[C@@H](C)c1ccc(Cl)cc1Cl. The van der Waals surface area contributed by atoms with Gasteiger partial charge in [-0.3, -0.25) is 4.79 Å². The van der Waals surface area contributed by atoms with Gasteiger partial charge < -0.3 is 14.6 Å². The number of nitrogens with zero attached hydrogens (tertiary/aromatic N) is 3. The van der Waals surface area contributed by atoms with Crippen LogP contribution >= 0.6 is 35.0 Å². The molecule has 0 bridgehead atoms. The van der Waals surface area contributed by atoms with E-state index in [1.54, 1.807) is 25.6 Å². The zero-order chi connectivity index (χ0) is 17.5. The van der Waals surface area contributed by atoms with Gasteiger partial charge in [-0.2, -0.15) is 0 Å². The molecule has 1 aromatic heterocycles. The summed E-state index contributed by atoms with van der Waals surface area (Å²) in [7, 11) is 1.63. The van der Waals surface area contributed by atoms with Crippen LogP contribution in [0, 0.1) is 0 Å². The zero-order valence-corrected chi connectivity index (χ0v) is 15.7. The maximum atomic E-state index is 12.1. The highest BCUT2D eigenvalue weighted by molar-refractivity contribution is 7.99. The van der Waals surface area contributed by atoms with Gasteiger partial charge in [0.1, 0.15) is 6.33 Å². The third-order valence-electron chi connectivity index (χ3n) is 3.26. The van der Waals surface area contributed by atoms with Gasteiger partial charge >= 0.3 is 0 Å². The number of thioether (sulfide) groups is 1. The smallest absolute Gasteiger partial charge is 0.230 e. The van der Waals surface area contributed by atoms with Gasteiger partial charge in [0.25, 0.3) is 0 Å². The third-order valence-corrected chi connectivity index (χ3v) is 4.80. The topological polar surface area (TPSA) is 69.0 Å². The molecular formula is C15H18Cl2N4O2S. The standard InChI is InChI=1S/C15H18Cl2N4O2S/c1-10(12-4-3-11(16)7-13(12)17)19-14(22)8-24-15-20-18-9-21(15)5-6-23-2/h3-4,7,9-10H,5-6,8H2,1-2H3,(H,19,22)/t10-/m0/s1. The second-order valence-corrected chi connectivity index (χ2v) is 6.83. The fourth-order valence-corrected chi connectivity index (χ4v) is 3.37. The van der Waals surface area contributed by atoms with Crippen LogP contribution in [0.1, 0.15) is 18.5 Å². The Labute approximate surface area is 154 Å². The van der Waals surface area contributed by atoms with Crippen molar-refractivity contribution in [1.82, 2.24) is 20.1 Å². The van der Waals surface area contributed by atoms with Crippen molar-refractivity contribution in [3.05, 3.63) is 40.1 Å². The zero-order valence-electron chi connectivity index (χ0n) is 13.3. The van der Waals surface area contributed by atoms with Gasteiger partial charge in [-0.25, -0.2) is 0 Å². The van der Waals surface area contributed by atoms with E-state index in [9.17, 15) is 4.79 Å². The lowest BCUT2D eigenvalue weighted by molar-refractivity contribution is -0.119. The van der Waals surface area contributed by atoms with Crippen LogP contribution in [0.2, 0.25) is 10.0 Å². The van der Waals surface area contributed by atoms with Crippen LogP contribution in [0.5, 0.6) is 0 Å². The predicted octanol–water partition coefficient (Wildman–Crippen LogP) is 3.20. The molecule has 24 heavy (non-hydrogen) atoms. The van der Waals surface area contributed by atoms with Gasteiger partial charge in [0, 0.05) is 23.7 Å². The summed E-state index contributed by atoms with van der Waals surface area (Å²) in [5.74, 6) is 0.126. The lowest BCUT2D eigenvalue weighted by Crippen LogP contribution is -2.28. The number of carbonyl (C=O) groups is 1. The number of rotatable bonds is 8. The molecule has 6 nitrogen and oxygen atoms in total. The van der Waals surface area contributed by atoms with Gasteiger partial charge in [0.2, 0.25) is 5.91 Å². The highest BCUT2D eigenvalue weighted by Gasteiger charge is 2.14. The average Bonchev–Trinajstić information content (AvgIpc) is 2.98. The quantitative estimate of drug-likeness (QED) is 0.703. The summed E-state index contributed by atoms with van der Waals surface area (Å²) in [6.07, 6.45) is 1.62. The van der Waals surface area contributed by atoms with Gasteiger partial charge in [0.15, 0.2) is 5.16 Å². The van der Waals surface area contributed by atoms with Gasteiger partial charge in [-0.15, -0.1) is 10.2 Å². The van der Waals surface area contributed by atoms with Crippen molar-refractivity contribution in [2.24, 2.45) is 0 Å². The van der Waals surface area contributed by atoms with Crippen molar-refractivity contribution in [2.45, 2.75) is 24.7 Å². The molecule has 1 amide bonds. The normalized spacial score (nSPS) is 12.2. The van der Waals surface area contributed by atoms with E-state index in [1.165, 1.54) is 11.8 Å². The van der Waals surface area contributed by atoms with E-state index in [0.29, 0.717) is 28.4 Å². The molecule has 2 rings (SSSR count). The summed E-state index contributed by atoms with van der Waals surface area (Å²) in [4.78, 5) is 12.1. The molecule has 1 N–H and O–H groups in total. The van der Waals surface area contributed by atoms with Crippen molar-refractivity contribution in [2.75, 3.05) is 19.5 Å². The van der Waals surface area contributed by atoms with Crippen molar-refractivity contribution >= 4 is 40.9 Å². The Morgan fingerprint density at radius 2 is 2.25 bits per heavy atom. The minimum Gasteiger partial charge on any atom is -0.383 e. The Balaban J connectivity index is 1.88. The highest BCUT2D eigenvalue weighted by atomic mass is 35.5. The first-order valence-corrected chi connectivity index (χ1v) is 8.99. The molecule has 0 saturated carbocycles. The van der Waals surface area contributed by atoms with Crippen molar-refractivity contribution in [3.63, 3.8) is 0 Å². The first-order valence-electron chi connectivity index (χ1n) is 7.25. The van der Waals surface area contributed by atoms with Crippen LogP contribution in [0.4, 0.5) is 0 Å². The maximum absolute atomic E-state index is 12.1. The van der Waals surface area contributed by atoms with Crippen LogP contribution < -0.4 is 5.32 Å². The largest absolute Gasteiger partial charge is 0.383 e. The number of nitrogens with one attached hydrogen (secondary N) is 1. The van der Waals surface area contributed by atoms with E-state index in [2.05, 4.69) is 15.5 Å². The van der Waals surface area contributed by atoms with E-state index in [4.69, 9.17) is 27.9 Å². The van der Waals surface area contributed by atoms with Gasteiger partial charge in [-0.1, -0.05) is 41.0 Å². The molecule has 0 aliphatic carbocycles. The minimum absolute atomic E-state index is 0.111. The molecule has 0 aliphatic rings. The first-order chi connectivity index (χ1) is 11.5.